The zero-order chi connectivity index (χ0) is 20.0. The number of aryl methyl sites for hydroxylation is 2. The van der Waals surface area contributed by atoms with Gasteiger partial charge in [0.05, 0.1) is 10.5 Å². The Bertz CT molecular complexity index is 857. The molecule has 0 atom stereocenters. The van der Waals surface area contributed by atoms with E-state index >= 15 is 0 Å². The molecule has 0 bridgehead atoms. The van der Waals surface area contributed by atoms with Crippen LogP contribution in [-0.2, 0) is 22.4 Å². The number of carbonyl (C=O) groups excluding carboxylic acids is 2. The second-order valence-electron chi connectivity index (χ2n) is 5.81. The smallest absolute Gasteiger partial charge is 0.338 e. The van der Waals surface area contributed by atoms with Gasteiger partial charge >= 0.3 is 5.97 Å². The van der Waals surface area contributed by atoms with E-state index in [1.54, 1.807) is 0 Å². The van der Waals surface area contributed by atoms with Crippen molar-refractivity contribution in [2.45, 2.75) is 26.7 Å². The first-order valence-corrected chi connectivity index (χ1v) is 8.49. The average molecular weight is 371 g/mol. The van der Waals surface area contributed by atoms with Crippen molar-refractivity contribution in [3.05, 3.63) is 63.2 Å². The van der Waals surface area contributed by atoms with Crippen LogP contribution in [0.3, 0.4) is 0 Å². The number of esters is 1. The van der Waals surface area contributed by atoms with Crippen LogP contribution < -0.4 is 11.1 Å². The molecule has 0 spiro atoms. The molecule has 2 rings (SSSR count). The first-order valence-electron chi connectivity index (χ1n) is 8.49. The van der Waals surface area contributed by atoms with E-state index < -0.39 is 29.1 Å². The van der Waals surface area contributed by atoms with Crippen molar-refractivity contribution in [2.75, 3.05) is 17.7 Å². The summed E-state index contributed by atoms with van der Waals surface area (Å²) in [7, 11) is 0. The molecule has 0 unspecified atom stereocenters. The van der Waals surface area contributed by atoms with Gasteiger partial charge in [0.25, 0.3) is 11.6 Å². The summed E-state index contributed by atoms with van der Waals surface area (Å²) in [6.07, 6.45) is 1.50. The average Bonchev–Trinajstić information content (AvgIpc) is 2.66. The molecule has 142 valence electrons. The van der Waals surface area contributed by atoms with Gasteiger partial charge in [0.15, 0.2) is 6.61 Å². The monoisotopic (exact) mass is 371 g/mol. The molecule has 0 saturated heterocycles. The van der Waals surface area contributed by atoms with Crippen LogP contribution in [0.15, 0.2) is 36.4 Å². The van der Waals surface area contributed by atoms with Crippen molar-refractivity contribution in [2.24, 2.45) is 0 Å². The van der Waals surface area contributed by atoms with Gasteiger partial charge < -0.3 is 15.8 Å². The number of nitrogens with two attached hydrogens (primary N) is 1. The summed E-state index contributed by atoms with van der Waals surface area (Å²) < 4.78 is 4.97. The molecule has 8 nitrogen and oxygen atoms in total. The third-order valence-corrected chi connectivity index (χ3v) is 4.06. The van der Waals surface area contributed by atoms with Crippen molar-refractivity contribution in [1.29, 1.82) is 0 Å². The molecule has 0 radical (unpaired) electrons. The van der Waals surface area contributed by atoms with E-state index in [-0.39, 0.29) is 11.3 Å². The number of benzene rings is 2. The lowest BCUT2D eigenvalue weighted by atomic mass is 10.0. The highest BCUT2D eigenvalue weighted by atomic mass is 16.6. The molecule has 0 heterocycles. The Morgan fingerprint density at radius 3 is 2.33 bits per heavy atom. The highest BCUT2D eigenvalue weighted by Gasteiger charge is 2.18. The van der Waals surface area contributed by atoms with E-state index in [4.69, 9.17) is 10.5 Å². The van der Waals surface area contributed by atoms with Crippen LogP contribution in [0.25, 0.3) is 0 Å². The van der Waals surface area contributed by atoms with Crippen molar-refractivity contribution in [3.63, 3.8) is 0 Å². The Labute approximate surface area is 156 Å². The highest BCUT2D eigenvalue weighted by Crippen LogP contribution is 2.24. The number of rotatable bonds is 7. The number of nitro groups is 1. The molecule has 2 aromatic rings. The van der Waals surface area contributed by atoms with Crippen LogP contribution >= 0.6 is 0 Å². The Balaban J connectivity index is 2.05. The van der Waals surface area contributed by atoms with E-state index in [0.717, 1.165) is 35.7 Å². The molecule has 2 aromatic carbocycles. The topological polar surface area (TPSA) is 125 Å². The zero-order valence-corrected chi connectivity index (χ0v) is 15.2. The van der Waals surface area contributed by atoms with E-state index in [2.05, 4.69) is 5.32 Å². The standard InChI is InChI=1S/C19H21N3O5/c1-3-12-6-5-7-13(4-2)18(12)21-17(23)11-27-19(24)14-8-9-15(20)16(10-14)22(25)26/h5-10H,3-4,11,20H2,1-2H3,(H,21,23). The van der Waals surface area contributed by atoms with Gasteiger partial charge in [-0.3, -0.25) is 14.9 Å². The van der Waals surface area contributed by atoms with Gasteiger partial charge in [-0.15, -0.1) is 0 Å². The van der Waals surface area contributed by atoms with E-state index in [1.165, 1.54) is 12.1 Å². The normalized spacial score (nSPS) is 10.3. The largest absolute Gasteiger partial charge is 0.452 e. The Morgan fingerprint density at radius 1 is 1.15 bits per heavy atom. The Hall–Kier alpha value is -3.42. The fourth-order valence-corrected chi connectivity index (χ4v) is 2.62. The van der Waals surface area contributed by atoms with Gasteiger partial charge in [-0.05, 0) is 36.1 Å². The molecule has 0 saturated carbocycles. The van der Waals surface area contributed by atoms with Crippen LogP contribution in [0.5, 0.6) is 0 Å². The summed E-state index contributed by atoms with van der Waals surface area (Å²) in [5.74, 6) is -1.32. The number of hydrogen-bond acceptors (Lipinski definition) is 6. The molecule has 1 amide bonds. The van der Waals surface area contributed by atoms with Crippen LogP contribution in [0.1, 0.15) is 35.3 Å². The maximum absolute atomic E-state index is 12.2. The molecule has 0 aliphatic carbocycles. The molecule has 0 aliphatic rings. The van der Waals surface area contributed by atoms with Crippen molar-refractivity contribution < 1.29 is 19.2 Å². The molecule has 3 N–H and O–H groups in total. The minimum atomic E-state index is -0.840. The maximum atomic E-state index is 12.2. The third-order valence-electron chi connectivity index (χ3n) is 4.06. The third kappa shape index (κ3) is 4.81. The van der Waals surface area contributed by atoms with Crippen LogP contribution in [0, 0.1) is 10.1 Å². The predicted octanol–water partition coefficient (Wildman–Crippen LogP) is 3.10. The van der Waals surface area contributed by atoms with Crippen molar-refractivity contribution >= 4 is 28.9 Å². The number of nitrogen functional groups attached to an aromatic ring is 1. The van der Waals surface area contributed by atoms with Gasteiger partial charge in [0.2, 0.25) is 0 Å². The lowest BCUT2D eigenvalue weighted by molar-refractivity contribution is -0.383. The van der Waals surface area contributed by atoms with E-state index in [9.17, 15) is 19.7 Å². The molecule has 0 aromatic heterocycles. The lowest BCUT2D eigenvalue weighted by Crippen LogP contribution is -2.22. The van der Waals surface area contributed by atoms with Crippen molar-refractivity contribution in [3.8, 4) is 0 Å². The van der Waals surface area contributed by atoms with Crippen molar-refractivity contribution in [1.82, 2.24) is 0 Å². The number of ether oxygens (including phenoxy) is 1. The van der Waals surface area contributed by atoms with Gasteiger partial charge in [0, 0.05) is 11.8 Å². The first-order chi connectivity index (χ1) is 12.9. The van der Waals surface area contributed by atoms with E-state index in [0.29, 0.717) is 0 Å². The number of nitro benzene ring substituents is 1. The van der Waals surface area contributed by atoms with Gasteiger partial charge in [0.1, 0.15) is 5.69 Å². The molecular weight excluding hydrogens is 350 g/mol. The van der Waals surface area contributed by atoms with Crippen LogP contribution in [0.4, 0.5) is 17.1 Å². The minimum Gasteiger partial charge on any atom is -0.452 e. The summed E-state index contributed by atoms with van der Waals surface area (Å²) in [6.45, 7) is 3.47. The number of nitrogens with one attached hydrogen (secondary N) is 1. The van der Waals surface area contributed by atoms with Crippen LogP contribution in [-0.4, -0.2) is 23.4 Å². The molecule has 27 heavy (non-hydrogen) atoms. The predicted molar refractivity (Wildman–Crippen MR) is 102 cm³/mol. The van der Waals surface area contributed by atoms with Crippen LogP contribution in [0.2, 0.25) is 0 Å². The zero-order valence-electron chi connectivity index (χ0n) is 15.2. The summed E-state index contributed by atoms with van der Waals surface area (Å²) in [6, 6.07) is 9.37. The number of anilines is 2. The van der Waals surface area contributed by atoms with E-state index in [1.807, 2.05) is 32.0 Å². The number of carbonyl (C=O) groups is 2. The second kappa shape index (κ2) is 8.79. The quantitative estimate of drug-likeness (QED) is 0.333. The fourth-order valence-electron chi connectivity index (χ4n) is 2.62. The lowest BCUT2D eigenvalue weighted by Gasteiger charge is -2.14. The molecule has 0 fully saturated rings. The number of hydrogen-bond donors (Lipinski definition) is 2. The number of amides is 1. The Morgan fingerprint density at radius 2 is 1.78 bits per heavy atom. The Kier molecular flexibility index (Phi) is 6.48. The second-order valence-corrected chi connectivity index (χ2v) is 5.81. The number of para-hydroxylation sites is 1. The first kappa shape index (κ1) is 19.9. The minimum absolute atomic E-state index is 0.0492. The highest BCUT2D eigenvalue weighted by molar-refractivity contribution is 5.97. The summed E-state index contributed by atoms with van der Waals surface area (Å²) in [5, 5.41) is 13.7. The number of nitrogens with zero attached hydrogens (tertiary/aromatic N) is 1. The summed E-state index contributed by atoms with van der Waals surface area (Å²) in [4.78, 5) is 34.5. The van der Waals surface area contributed by atoms with Gasteiger partial charge in [-0.1, -0.05) is 32.0 Å². The summed E-state index contributed by atoms with van der Waals surface area (Å²) >= 11 is 0. The summed E-state index contributed by atoms with van der Waals surface area (Å²) in [5.41, 5.74) is 7.70. The molecule has 8 heteroatoms. The van der Waals surface area contributed by atoms with Gasteiger partial charge in [-0.2, -0.15) is 0 Å². The molecule has 0 aliphatic heterocycles. The maximum Gasteiger partial charge on any atom is 0.338 e. The SMILES string of the molecule is CCc1cccc(CC)c1NC(=O)COC(=O)c1ccc(N)c([N+](=O)[O-])c1. The van der Waals surface area contributed by atoms with Gasteiger partial charge in [-0.25, -0.2) is 4.79 Å². The molecular formula is C19H21N3O5. The fraction of sp³-hybridized carbons (Fsp3) is 0.263.